The Hall–Kier alpha value is -1.57. The Morgan fingerprint density at radius 2 is 2.06 bits per heavy atom. The molecule has 0 fully saturated rings. The predicted octanol–water partition coefficient (Wildman–Crippen LogP) is 0.579. The van der Waals surface area contributed by atoms with E-state index < -0.39 is 16.1 Å². The third kappa shape index (κ3) is 3.54. The van der Waals surface area contributed by atoms with E-state index in [-0.39, 0.29) is 17.9 Å². The van der Waals surface area contributed by atoms with Crippen LogP contribution >= 0.6 is 0 Å². The van der Waals surface area contributed by atoms with Crippen LogP contribution in [0.3, 0.4) is 0 Å². The van der Waals surface area contributed by atoms with Crippen LogP contribution in [-0.2, 0) is 10.4 Å². The molecule has 88 valence electrons. The van der Waals surface area contributed by atoms with E-state index in [1.807, 2.05) is 0 Å². The third-order valence-corrected chi connectivity index (χ3v) is 2.02. The van der Waals surface area contributed by atoms with Crippen LogP contribution in [0.15, 0.2) is 24.3 Å². The second-order valence-electron chi connectivity index (χ2n) is 2.79. The summed E-state index contributed by atoms with van der Waals surface area (Å²) in [7, 11) is -4.67. The van der Waals surface area contributed by atoms with Crippen LogP contribution < -0.4 is 4.18 Å². The smallest absolute Gasteiger partial charge is 0.446 e. The van der Waals surface area contributed by atoms with E-state index >= 15 is 0 Å². The van der Waals surface area contributed by atoms with Crippen LogP contribution in [0.25, 0.3) is 6.08 Å². The third-order valence-electron chi connectivity index (χ3n) is 1.63. The first-order valence-electron chi connectivity index (χ1n) is 4.20. The summed E-state index contributed by atoms with van der Waals surface area (Å²) in [5.74, 6) is -0.826. The van der Waals surface area contributed by atoms with Gasteiger partial charge in [0.2, 0.25) is 0 Å². The first-order valence-corrected chi connectivity index (χ1v) is 5.57. The first kappa shape index (κ1) is 12.5. The molecule has 1 aromatic carbocycles. The Bertz CT molecular complexity index is 491. The molecule has 0 saturated heterocycles. The van der Waals surface area contributed by atoms with Gasteiger partial charge < -0.3 is 14.4 Å². The topological polar surface area (TPSA) is 104 Å². The van der Waals surface area contributed by atoms with Crippen molar-refractivity contribution in [2.75, 3.05) is 6.61 Å². The van der Waals surface area contributed by atoms with E-state index in [0.29, 0.717) is 0 Å². The van der Waals surface area contributed by atoms with Gasteiger partial charge in [0.05, 0.1) is 6.61 Å². The van der Waals surface area contributed by atoms with Gasteiger partial charge in [-0.05, 0) is 6.07 Å². The lowest BCUT2D eigenvalue weighted by molar-refractivity contribution is 0.343. The highest BCUT2D eigenvalue weighted by Gasteiger charge is 2.12. The average Bonchev–Trinajstić information content (AvgIpc) is 2.17. The SMILES string of the molecule is O=S(=O)(O)Oc1cccc(C=CCO)c1O. The maximum atomic E-state index is 10.4. The fourth-order valence-electron chi connectivity index (χ4n) is 1.03. The molecule has 0 aliphatic rings. The van der Waals surface area contributed by atoms with Crippen molar-refractivity contribution < 1.29 is 27.4 Å². The first-order chi connectivity index (χ1) is 7.44. The van der Waals surface area contributed by atoms with Crippen molar-refractivity contribution in [1.82, 2.24) is 0 Å². The number of benzene rings is 1. The average molecular weight is 246 g/mol. The fraction of sp³-hybridized carbons (Fsp3) is 0.111. The largest absolute Gasteiger partial charge is 0.504 e. The molecule has 3 N–H and O–H groups in total. The Labute approximate surface area is 92.4 Å². The van der Waals surface area contributed by atoms with Crippen LogP contribution in [-0.4, -0.2) is 29.8 Å². The molecule has 0 aromatic heterocycles. The summed E-state index contributed by atoms with van der Waals surface area (Å²) in [4.78, 5) is 0. The summed E-state index contributed by atoms with van der Waals surface area (Å²) in [6.07, 6.45) is 2.73. The number of phenolic OH excluding ortho intramolecular Hbond substituents is 1. The second kappa shape index (κ2) is 4.97. The monoisotopic (exact) mass is 246 g/mol. The second-order valence-corrected chi connectivity index (χ2v) is 3.81. The number of rotatable bonds is 4. The molecule has 0 heterocycles. The molecule has 0 unspecified atom stereocenters. The van der Waals surface area contributed by atoms with Crippen molar-refractivity contribution in [3.63, 3.8) is 0 Å². The van der Waals surface area contributed by atoms with Gasteiger partial charge in [0.15, 0.2) is 11.5 Å². The Morgan fingerprint density at radius 1 is 1.38 bits per heavy atom. The highest BCUT2D eigenvalue weighted by Crippen LogP contribution is 2.31. The van der Waals surface area contributed by atoms with E-state index in [0.717, 1.165) is 0 Å². The van der Waals surface area contributed by atoms with Crippen LogP contribution in [0.4, 0.5) is 0 Å². The molecule has 16 heavy (non-hydrogen) atoms. The summed E-state index contributed by atoms with van der Waals surface area (Å²) in [6, 6.07) is 4.09. The van der Waals surface area contributed by atoms with Gasteiger partial charge in [-0.25, -0.2) is 0 Å². The summed E-state index contributed by atoms with van der Waals surface area (Å²) in [5.41, 5.74) is 0.259. The van der Waals surface area contributed by atoms with E-state index in [2.05, 4.69) is 4.18 Å². The normalized spacial score (nSPS) is 11.9. The van der Waals surface area contributed by atoms with Crippen molar-refractivity contribution in [3.05, 3.63) is 29.8 Å². The van der Waals surface area contributed by atoms with Gasteiger partial charge >= 0.3 is 10.4 Å². The van der Waals surface area contributed by atoms with Crippen LogP contribution in [0, 0.1) is 0 Å². The van der Waals surface area contributed by atoms with Gasteiger partial charge in [0, 0.05) is 5.56 Å². The molecule has 0 bridgehead atoms. The summed E-state index contributed by atoms with van der Waals surface area (Å²) in [5, 5.41) is 18.1. The lowest BCUT2D eigenvalue weighted by atomic mass is 10.2. The quantitative estimate of drug-likeness (QED) is 0.671. The zero-order chi connectivity index (χ0) is 12.2. The van der Waals surface area contributed by atoms with Gasteiger partial charge in [-0.3, -0.25) is 4.55 Å². The van der Waals surface area contributed by atoms with Gasteiger partial charge in [0.1, 0.15) is 0 Å². The highest BCUT2D eigenvalue weighted by atomic mass is 32.3. The van der Waals surface area contributed by atoms with E-state index in [4.69, 9.17) is 9.66 Å². The number of aliphatic hydroxyl groups excluding tert-OH is 1. The molecule has 0 spiro atoms. The fourth-order valence-corrected chi connectivity index (χ4v) is 1.40. The van der Waals surface area contributed by atoms with Gasteiger partial charge in [-0.15, -0.1) is 0 Å². The molecule has 1 rings (SSSR count). The molecule has 0 amide bonds. The number of aliphatic hydroxyl groups is 1. The lowest BCUT2D eigenvalue weighted by Crippen LogP contribution is -2.06. The van der Waals surface area contributed by atoms with Crippen molar-refractivity contribution >= 4 is 16.5 Å². The Morgan fingerprint density at radius 3 is 2.62 bits per heavy atom. The maximum absolute atomic E-state index is 10.4. The number of para-hydroxylation sites is 1. The van der Waals surface area contributed by atoms with E-state index in [1.54, 1.807) is 0 Å². The molecule has 0 aliphatic carbocycles. The zero-order valence-electron chi connectivity index (χ0n) is 8.07. The van der Waals surface area contributed by atoms with Crippen LogP contribution in [0.2, 0.25) is 0 Å². The predicted molar refractivity (Wildman–Crippen MR) is 56.4 cm³/mol. The summed E-state index contributed by atoms with van der Waals surface area (Å²) >= 11 is 0. The van der Waals surface area contributed by atoms with Crippen molar-refractivity contribution in [1.29, 1.82) is 0 Å². The molecule has 0 atom stereocenters. The molecule has 1 aromatic rings. The van der Waals surface area contributed by atoms with Crippen molar-refractivity contribution in [3.8, 4) is 11.5 Å². The Kier molecular flexibility index (Phi) is 3.88. The molecular formula is C9H10O6S. The minimum Gasteiger partial charge on any atom is -0.504 e. The van der Waals surface area contributed by atoms with Gasteiger partial charge in [-0.2, -0.15) is 8.42 Å². The van der Waals surface area contributed by atoms with Crippen LogP contribution in [0.5, 0.6) is 11.5 Å². The van der Waals surface area contributed by atoms with Crippen LogP contribution in [0.1, 0.15) is 5.56 Å². The molecule has 0 aliphatic heterocycles. The lowest BCUT2D eigenvalue weighted by Gasteiger charge is -2.05. The molecule has 0 saturated carbocycles. The molecule has 0 radical (unpaired) electrons. The van der Waals surface area contributed by atoms with E-state index in [9.17, 15) is 13.5 Å². The number of hydrogen-bond donors (Lipinski definition) is 3. The minimum absolute atomic E-state index is 0.219. The van der Waals surface area contributed by atoms with Crippen molar-refractivity contribution in [2.45, 2.75) is 0 Å². The van der Waals surface area contributed by atoms with Gasteiger partial charge in [0.25, 0.3) is 0 Å². The minimum atomic E-state index is -4.67. The Balaban J connectivity index is 3.09. The number of hydrogen-bond acceptors (Lipinski definition) is 5. The molecular weight excluding hydrogens is 236 g/mol. The number of phenols is 1. The molecule has 7 heteroatoms. The zero-order valence-corrected chi connectivity index (χ0v) is 8.88. The van der Waals surface area contributed by atoms with Crippen molar-refractivity contribution in [2.24, 2.45) is 0 Å². The summed E-state index contributed by atoms with van der Waals surface area (Å²) < 4.78 is 33.5. The highest BCUT2D eigenvalue weighted by molar-refractivity contribution is 7.81. The number of aromatic hydroxyl groups is 1. The molecule has 6 nitrogen and oxygen atoms in total. The van der Waals surface area contributed by atoms with E-state index in [1.165, 1.54) is 30.4 Å². The summed E-state index contributed by atoms with van der Waals surface area (Å²) in [6.45, 7) is -0.219. The standard InChI is InChI=1S/C9H10O6S/c10-6-2-4-7-3-1-5-8(9(7)11)15-16(12,13)14/h1-5,10-11H,6H2,(H,12,13,14). The maximum Gasteiger partial charge on any atom is 0.446 e. The van der Waals surface area contributed by atoms with Gasteiger partial charge in [-0.1, -0.05) is 24.3 Å².